The number of carbonyl (C=O) groups excluding carboxylic acids is 1. The zero-order valence-corrected chi connectivity index (χ0v) is 9.03. The molecule has 0 unspecified atom stereocenters. The highest BCUT2D eigenvalue weighted by Gasteiger charge is 2.16. The molecule has 15 heavy (non-hydrogen) atoms. The van der Waals surface area contributed by atoms with Gasteiger partial charge in [0, 0.05) is 12.1 Å². The minimum atomic E-state index is -3.35. The molecular weight excluding hydrogens is 214 g/mol. The first-order chi connectivity index (χ1) is 7.05. The van der Waals surface area contributed by atoms with Crippen LogP contribution in [0.5, 0.6) is 0 Å². The molecule has 82 valence electrons. The molecule has 0 fully saturated rings. The van der Waals surface area contributed by atoms with Crippen molar-refractivity contribution < 1.29 is 13.2 Å². The van der Waals surface area contributed by atoms with E-state index in [0.717, 1.165) is 0 Å². The van der Waals surface area contributed by atoms with Gasteiger partial charge in [0.05, 0.1) is 5.75 Å². The second-order valence-corrected chi connectivity index (χ2v) is 5.35. The van der Waals surface area contributed by atoms with Gasteiger partial charge < -0.3 is 5.73 Å². The van der Waals surface area contributed by atoms with Crippen LogP contribution in [0.3, 0.4) is 0 Å². The van der Waals surface area contributed by atoms with Crippen molar-refractivity contribution in [3.63, 3.8) is 0 Å². The summed E-state index contributed by atoms with van der Waals surface area (Å²) in [5.41, 5.74) is 5.55. The molecule has 2 N–H and O–H groups in total. The molecular formula is C10H13NO3S. The molecule has 0 aliphatic rings. The third-order valence-corrected chi connectivity index (χ3v) is 3.44. The van der Waals surface area contributed by atoms with E-state index in [9.17, 15) is 13.2 Å². The van der Waals surface area contributed by atoms with Crippen molar-refractivity contribution in [2.75, 3.05) is 18.1 Å². The number of sulfone groups is 1. The fourth-order valence-electron chi connectivity index (χ4n) is 1.16. The van der Waals surface area contributed by atoms with Gasteiger partial charge in [-0.1, -0.05) is 30.3 Å². The van der Waals surface area contributed by atoms with Gasteiger partial charge in [0.1, 0.15) is 5.75 Å². The number of ketones is 1. The molecule has 0 aliphatic heterocycles. The van der Waals surface area contributed by atoms with E-state index in [4.69, 9.17) is 5.73 Å². The lowest BCUT2D eigenvalue weighted by molar-refractivity contribution is 0.102. The summed E-state index contributed by atoms with van der Waals surface area (Å²) >= 11 is 0. The zero-order valence-electron chi connectivity index (χ0n) is 8.22. The van der Waals surface area contributed by atoms with Crippen LogP contribution < -0.4 is 5.73 Å². The zero-order chi connectivity index (χ0) is 11.3. The van der Waals surface area contributed by atoms with Gasteiger partial charge in [-0.05, 0) is 0 Å². The van der Waals surface area contributed by atoms with Crippen LogP contribution in [0.4, 0.5) is 0 Å². The van der Waals surface area contributed by atoms with E-state index in [2.05, 4.69) is 0 Å². The Morgan fingerprint density at radius 3 is 2.33 bits per heavy atom. The van der Waals surface area contributed by atoms with E-state index in [1.807, 2.05) is 0 Å². The topological polar surface area (TPSA) is 77.2 Å². The first-order valence-corrected chi connectivity index (χ1v) is 6.36. The first kappa shape index (κ1) is 11.9. The maximum Gasteiger partial charge on any atom is 0.177 e. The normalized spacial score (nSPS) is 11.3. The van der Waals surface area contributed by atoms with Crippen molar-refractivity contribution >= 4 is 15.6 Å². The lowest BCUT2D eigenvalue weighted by Crippen LogP contribution is -2.23. The third kappa shape index (κ3) is 3.81. The molecule has 0 saturated heterocycles. The van der Waals surface area contributed by atoms with Crippen LogP contribution in [0.2, 0.25) is 0 Å². The fourth-order valence-corrected chi connectivity index (χ4v) is 2.23. The van der Waals surface area contributed by atoms with E-state index in [1.165, 1.54) is 0 Å². The molecule has 0 heterocycles. The quantitative estimate of drug-likeness (QED) is 0.731. The van der Waals surface area contributed by atoms with Gasteiger partial charge in [0.25, 0.3) is 0 Å². The molecule has 1 rings (SSSR count). The van der Waals surface area contributed by atoms with E-state index in [-0.39, 0.29) is 18.1 Å². The maximum absolute atomic E-state index is 11.5. The van der Waals surface area contributed by atoms with Crippen LogP contribution in [0, 0.1) is 0 Å². The monoisotopic (exact) mass is 227 g/mol. The van der Waals surface area contributed by atoms with Crippen LogP contribution >= 0.6 is 0 Å². The summed E-state index contributed by atoms with van der Waals surface area (Å²) in [6.45, 7) is 0.0460. The summed E-state index contributed by atoms with van der Waals surface area (Å²) in [7, 11) is -3.35. The maximum atomic E-state index is 11.5. The fraction of sp³-hybridized carbons (Fsp3) is 0.300. The Morgan fingerprint density at radius 1 is 1.20 bits per heavy atom. The van der Waals surface area contributed by atoms with E-state index >= 15 is 0 Å². The molecule has 0 atom stereocenters. The Morgan fingerprint density at radius 2 is 1.80 bits per heavy atom. The molecule has 0 aromatic heterocycles. The van der Waals surface area contributed by atoms with Gasteiger partial charge >= 0.3 is 0 Å². The van der Waals surface area contributed by atoms with Crippen LogP contribution in [0.1, 0.15) is 10.4 Å². The van der Waals surface area contributed by atoms with Crippen molar-refractivity contribution in [2.45, 2.75) is 0 Å². The van der Waals surface area contributed by atoms with Crippen LogP contribution in [0.15, 0.2) is 30.3 Å². The largest absolute Gasteiger partial charge is 0.329 e. The van der Waals surface area contributed by atoms with E-state index in [0.29, 0.717) is 5.56 Å². The number of rotatable bonds is 5. The molecule has 0 saturated carbocycles. The molecule has 0 bridgehead atoms. The summed E-state index contributed by atoms with van der Waals surface area (Å²) in [5.74, 6) is -0.996. The highest BCUT2D eigenvalue weighted by Crippen LogP contribution is 2.02. The summed E-state index contributed by atoms with van der Waals surface area (Å²) in [6.07, 6.45) is 0. The number of hydrogen-bond acceptors (Lipinski definition) is 4. The van der Waals surface area contributed by atoms with Crippen LogP contribution in [0.25, 0.3) is 0 Å². The number of nitrogens with two attached hydrogens (primary N) is 1. The number of carbonyl (C=O) groups is 1. The Hall–Kier alpha value is -1.20. The predicted octanol–water partition coefficient (Wildman–Crippen LogP) is 0.243. The van der Waals surface area contributed by atoms with Crippen molar-refractivity contribution in [1.29, 1.82) is 0 Å². The van der Waals surface area contributed by atoms with Crippen molar-refractivity contribution in [1.82, 2.24) is 0 Å². The molecule has 0 spiro atoms. The summed E-state index contributed by atoms with van der Waals surface area (Å²) in [6, 6.07) is 8.36. The Labute approximate surface area is 89.0 Å². The average Bonchev–Trinajstić information content (AvgIpc) is 2.18. The van der Waals surface area contributed by atoms with E-state index < -0.39 is 15.6 Å². The van der Waals surface area contributed by atoms with Crippen LogP contribution in [-0.2, 0) is 9.84 Å². The smallest absolute Gasteiger partial charge is 0.177 e. The Kier molecular flexibility index (Phi) is 3.99. The molecule has 0 aliphatic carbocycles. The van der Waals surface area contributed by atoms with Gasteiger partial charge in [-0.2, -0.15) is 0 Å². The van der Waals surface area contributed by atoms with Crippen molar-refractivity contribution in [2.24, 2.45) is 5.73 Å². The average molecular weight is 227 g/mol. The van der Waals surface area contributed by atoms with E-state index in [1.54, 1.807) is 30.3 Å². The summed E-state index contributed by atoms with van der Waals surface area (Å²) in [4.78, 5) is 11.5. The minimum absolute atomic E-state index is 0.0460. The Bertz CT molecular complexity index is 425. The van der Waals surface area contributed by atoms with Gasteiger partial charge in [-0.25, -0.2) is 8.42 Å². The molecule has 4 nitrogen and oxygen atoms in total. The molecule has 1 aromatic carbocycles. The molecule has 5 heteroatoms. The van der Waals surface area contributed by atoms with Gasteiger partial charge in [0.15, 0.2) is 15.6 Å². The van der Waals surface area contributed by atoms with Gasteiger partial charge in [-0.15, -0.1) is 0 Å². The van der Waals surface area contributed by atoms with Gasteiger partial charge in [0.2, 0.25) is 0 Å². The predicted molar refractivity (Wildman–Crippen MR) is 58.5 cm³/mol. The molecule has 0 radical (unpaired) electrons. The second-order valence-electron chi connectivity index (χ2n) is 3.17. The summed E-state index contributed by atoms with van der Waals surface area (Å²) in [5, 5.41) is 0. The number of benzene rings is 1. The number of hydrogen-bond donors (Lipinski definition) is 1. The highest BCUT2D eigenvalue weighted by atomic mass is 32.2. The lowest BCUT2D eigenvalue weighted by atomic mass is 10.2. The molecule has 1 aromatic rings. The lowest BCUT2D eigenvalue weighted by Gasteiger charge is -2.01. The van der Waals surface area contributed by atoms with Crippen molar-refractivity contribution in [3.8, 4) is 0 Å². The standard InChI is InChI=1S/C10H13NO3S/c11-6-7-15(13,14)8-10(12)9-4-2-1-3-5-9/h1-5H,6-8,11H2. The molecule has 0 amide bonds. The van der Waals surface area contributed by atoms with Crippen molar-refractivity contribution in [3.05, 3.63) is 35.9 Å². The highest BCUT2D eigenvalue weighted by molar-refractivity contribution is 7.92. The number of Topliss-reactive ketones (excluding diaryl/α,β-unsaturated/α-hetero) is 1. The SMILES string of the molecule is NCCS(=O)(=O)CC(=O)c1ccccc1. The summed E-state index contributed by atoms with van der Waals surface area (Å²) < 4.78 is 22.6. The van der Waals surface area contributed by atoms with Gasteiger partial charge in [-0.3, -0.25) is 4.79 Å². The minimum Gasteiger partial charge on any atom is -0.329 e. The third-order valence-electron chi connectivity index (χ3n) is 1.88. The Balaban J connectivity index is 2.73. The second kappa shape index (κ2) is 5.04. The first-order valence-electron chi connectivity index (χ1n) is 4.54. The van der Waals surface area contributed by atoms with Crippen LogP contribution in [-0.4, -0.2) is 32.3 Å².